The smallest absolute Gasteiger partial charge is 0.176 e. The summed E-state index contributed by atoms with van der Waals surface area (Å²) in [5.74, 6) is 1.62. The van der Waals surface area contributed by atoms with Crippen LogP contribution in [-0.4, -0.2) is 50.3 Å². The molecule has 13 rings (SSSR count). The third kappa shape index (κ3) is 17.7. The van der Waals surface area contributed by atoms with Crippen molar-refractivity contribution in [3.8, 4) is 91.4 Å². The molecule has 0 aliphatic rings. The fourth-order valence-electron chi connectivity index (χ4n) is 12.2. The molecule has 0 atom stereocenters. The minimum absolute atomic E-state index is 0. The maximum absolute atomic E-state index is 14.5. The maximum atomic E-state index is 14.5. The predicted octanol–water partition coefficient (Wildman–Crippen LogP) is 19.8. The zero-order valence-corrected chi connectivity index (χ0v) is 67.7. The molecule has 5 heterocycles. The fourth-order valence-corrected chi connectivity index (χ4v) is 12.2. The number of hydrogen-bond acceptors (Lipinski definition) is 7. The summed E-state index contributed by atoms with van der Waals surface area (Å²) in [6.07, 6.45) is 14.3. The van der Waals surface area contributed by atoms with E-state index in [1.807, 2.05) is 110 Å². The number of rotatable bonds is 14. The zero-order valence-electron chi connectivity index (χ0n) is 58.1. The number of nitriles is 1. The molecule has 13 nitrogen and oxygen atoms in total. The van der Waals surface area contributed by atoms with Crippen LogP contribution in [0.4, 0.5) is 20.2 Å². The van der Waals surface area contributed by atoms with Gasteiger partial charge in [-0.25, -0.2) is 0 Å². The second-order valence-electron chi connectivity index (χ2n) is 23.1. The van der Waals surface area contributed by atoms with Crippen LogP contribution in [0.1, 0.15) is 89.3 Å². The Labute approximate surface area is 650 Å². The molecule has 0 aliphatic carbocycles. The summed E-state index contributed by atoms with van der Waals surface area (Å²) in [4.78, 5) is 29.1. The van der Waals surface area contributed by atoms with E-state index in [2.05, 4.69) is 174 Å². The van der Waals surface area contributed by atoms with Crippen LogP contribution in [0.3, 0.4) is 0 Å². The molecule has 102 heavy (non-hydrogen) atoms. The van der Waals surface area contributed by atoms with Gasteiger partial charge in [0.05, 0.1) is 54.9 Å². The second kappa shape index (κ2) is 37.9. The molecule has 5 aromatic heterocycles. The molecular formula is C83H72F2Ir4N12O-4. The van der Waals surface area contributed by atoms with Crippen LogP contribution in [0.5, 0.6) is 5.75 Å². The van der Waals surface area contributed by atoms with Gasteiger partial charge in [0.1, 0.15) is 17.5 Å². The number of halogens is 2. The van der Waals surface area contributed by atoms with E-state index in [-0.39, 0.29) is 91.8 Å². The number of hydrogen-bond donors (Lipinski definition) is 0. The van der Waals surface area contributed by atoms with Gasteiger partial charge in [0.25, 0.3) is 0 Å². The Morgan fingerprint density at radius 1 is 0.539 bits per heavy atom. The van der Waals surface area contributed by atoms with E-state index in [0.717, 1.165) is 122 Å². The van der Waals surface area contributed by atoms with Gasteiger partial charge in [-0.15, -0.1) is 102 Å². The Morgan fingerprint density at radius 3 is 1.70 bits per heavy atom. The average Bonchev–Trinajstić information content (AvgIpc) is 1.60. The van der Waals surface area contributed by atoms with Gasteiger partial charge in [0, 0.05) is 169 Å². The molecule has 0 bridgehead atoms. The molecule has 0 fully saturated rings. The van der Waals surface area contributed by atoms with Gasteiger partial charge >= 0.3 is 0 Å². The molecule has 0 aliphatic heterocycles. The Bertz CT molecular complexity index is 4980. The molecule has 0 amide bonds. The zero-order chi connectivity index (χ0) is 69.6. The van der Waals surface area contributed by atoms with Crippen LogP contribution in [-0.2, 0) is 106 Å². The molecule has 0 saturated carbocycles. The molecule has 4 radical (unpaired) electrons. The molecule has 0 spiro atoms. The van der Waals surface area contributed by atoms with Crippen molar-refractivity contribution in [1.29, 1.82) is 5.26 Å². The molecule has 524 valence electrons. The largest absolute Gasteiger partial charge is 0.540 e. The van der Waals surface area contributed by atoms with Gasteiger partial charge in [0.15, 0.2) is 5.69 Å². The van der Waals surface area contributed by atoms with Crippen molar-refractivity contribution in [2.24, 2.45) is 0 Å². The van der Waals surface area contributed by atoms with Crippen LogP contribution in [0, 0.1) is 102 Å². The summed E-state index contributed by atoms with van der Waals surface area (Å²) in [6, 6.07) is 63.3. The quantitative estimate of drug-likeness (QED) is 0.0993. The van der Waals surface area contributed by atoms with Crippen LogP contribution in [0.25, 0.3) is 89.2 Å². The molecule has 8 aromatic carbocycles. The molecule has 0 N–H and O–H groups in total. The van der Waals surface area contributed by atoms with Gasteiger partial charge in [-0.05, 0) is 124 Å². The van der Waals surface area contributed by atoms with Crippen molar-refractivity contribution in [2.75, 3.05) is 7.11 Å². The number of para-hydroxylation sites is 4. The number of imidazole rings is 4. The third-order valence-electron chi connectivity index (χ3n) is 16.8. The van der Waals surface area contributed by atoms with Crippen molar-refractivity contribution in [3.05, 3.63) is 309 Å². The number of methoxy groups -OCH3 is 1. The summed E-state index contributed by atoms with van der Waals surface area (Å²) < 4.78 is 41.4. The number of ether oxygens (including phenoxy) is 1. The summed E-state index contributed by atoms with van der Waals surface area (Å²) >= 11 is 0. The Kier molecular flexibility index (Phi) is 30.3. The van der Waals surface area contributed by atoms with E-state index >= 15 is 0 Å². The van der Waals surface area contributed by atoms with Gasteiger partial charge in [0.2, 0.25) is 0 Å². The van der Waals surface area contributed by atoms with Crippen molar-refractivity contribution in [3.63, 3.8) is 0 Å². The topological polar surface area (TPSA) is 126 Å². The second-order valence-corrected chi connectivity index (χ2v) is 23.1. The van der Waals surface area contributed by atoms with Crippen LogP contribution in [0.2, 0.25) is 0 Å². The first-order valence-electron chi connectivity index (χ1n) is 32.2. The molecular weight excluding hydrogens is 1990 g/mol. The van der Waals surface area contributed by atoms with Crippen molar-refractivity contribution >= 4 is 11.4 Å². The van der Waals surface area contributed by atoms with E-state index in [9.17, 15) is 14.0 Å². The van der Waals surface area contributed by atoms with E-state index in [0.29, 0.717) is 17.2 Å². The van der Waals surface area contributed by atoms with Crippen LogP contribution >= 0.6 is 0 Å². The minimum Gasteiger partial charge on any atom is -0.540 e. The SMILES string of the molecule is COc1c[c-]c(-c2nc(C#N)cn2-c2c(C)cccc2C)cc1.Cc1cccc(C)c1-n1c(-c2cccnc2)cnc1-c1[c-]cccc1.[C-]#[N+]c1c(F)c[c-]c(-c2nccn2-c2c(C)cccc2C)c1F.[C-]#[N+]c1cc[c-]c(-c2nc(CC)c(CC)n2-c2c(CC)cccc2CC)c1.[Ir].[Ir].[Ir].[Ir]. The Balaban J connectivity index is 0.000000211. The van der Waals surface area contributed by atoms with Gasteiger partial charge in [-0.1, -0.05) is 106 Å². The molecule has 19 heteroatoms. The molecule has 0 saturated heterocycles. The first-order valence-corrected chi connectivity index (χ1v) is 32.2. The van der Waals surface area contributed by atoms with E-state index in [4.69, 9.17) is 27.8 Å². The number of aromatic nitrogens is 9. The monoisotopic (exact) mass is 2060 g/mol. The van der Waals surface area contributed by atoms with E-state index in [1.54, 1.807) is 42.4 Å². The summed E-state index contributed by atoms with van der Waals surface area (Å²) in [7, 11) is 1.62. The molecule has 0 unspecified atom stereocenters. The maximum Gasteiger partial charge on any atom is 0.176 e. The Hall–Kier alpha value is -9.52. The van der Waals surface area contributed by atoms with Gasteiger partial charge in [-0.2, -0.15) is 11.3 Å². The van der Waals surface area contributed by atoms with E-state index in [1.165, 1.54) is 39.8 Å². The normalized spacial score (nSPS) is 10.2. The fraction of sp³-hybridized carbons (Fsp3) is 0.181. The summed E-state index contributed by atoms with van der Waals surface area (Å²) in [5, 5.41) is 9.23. The average molecular weight is 2060 g/mol. The van der Waals surface area contributed by atoms with Crippen molar-refractivity contribution < 1.29 is 93.9 Å². The Morgan fingerprint density at radius 2 is 1.16 bits per heavy atom. The number of benzene rings is 8. The van der Waals surface area contributed by atoms with E-state index < -0.39 is 17.3 Å². The number of aryl methyl sites for hydroxylation is 9. The van der Waals surface area contributed by atoms with Gasteiger partial charge in [-0.3, -0.25) is 43.4 Å². The third-order valence-corrected chi connectivity index (χ3v) is 16.8. The minimum atomic E-state index is -0.946. The van der Waals surface area contributed by atoms with Gasteiger partial charge < -0.3 is 23.0 Å². The van der Waals surface area contributed by atoms with Crippen molar-refractivity contribution in [1.82, 2.24) is 43.2 Å². The molecule has 13 aromatic rings. The standard InChI is InChI=1S/C24H26N3.C22H18N3.C19H16N3O.C18H12F2N3.4Ir/c1-6-17-12-10-13-18(7-2)23(17)27-22(9-4)21(8-3)26-24(27)19-14-11-15-20(16-19)25-5;1-16-8-6-9-17(2)21(16)25-20(19-12-7-13-23-14-19)15-24-22(25)18-10-4-3-5-11-18;1-13-5-4-6-14(2)18(13)22-12-16(11-20)21-19(22)15-7-9-17(23-3)10-8-15;1-11-5-4-6-12(2)17(11)23-10-9-22-18(23)13-7-8-14(19)16(21-3)15(13)20;;;;/h10-13,15-16H,6-9H2,1-4H3;3-10,12-15H,1-2H3;4-7,9-10,12H,1-3H3;4-6,8-10H,1-2H3;;;;/q4*-1;;;;. The van der Waals surface area contributed by atoms with Crippen LogP contribution in [0.15, 0.2) is 189 Å². The summed E-state index contributed by atoms with van der Waals surface area (Å²) in [6.45, 7) is 35.3. The number of pyridine rings is 1. The van der Waals surface area contributed by atoms with Crippen molar-refractivity contribution in [2.45, 2.75) is 94.9 Å². The summed E-state index contributed by atoms with van der Waals surface area (Å²) in [5.41, 5.74) is 21.1. The number of nitrogens with zero attached hydrogens (tertiary/aromatic N) is 12. The van der Waals surface area contributed by atoms with Crippen LogP contribution < -0.4 is 4.74 Å². The first kappa shape index (κ1) is 81.4. The first-order chi connectivity index (χ1) is 47.6. The predicted molar refractivity (Wildman–Crippen MR) is 384 cm³/mol.